The van der Waals surface area contributed by atoms with Crippen molar-refractivity contribution >= 4 is 104 Å². The number of thiophene rings is 1. The second-order valence-electron chi connectivity index (χ2n) is 7.76. The highest BCUT2D eigenvalue weighted by Gasteiger charge is 2.85. The van der Waals surface area contributed by atoms with Crippen molar-refractivity contribution in [3.8, 4) is 11.1 Å². The number of allylic oxidation sites excluding steroid dienone is 2. The summed E-state index contributed by atoms with van der Waals surface area (Å²) in [5, 5.41) is 13.3. The number of hydrogen-bond donors (Lipinski definition) is 2. The number of carboxylic acid groups (broad SMARTS) is 1. The van der Waals surface area contributed by atoms with Crippen molar-refractivity contribution in [1.82, 2.24) is 0 Å². The number of anilines is 1. The first-order chi connectivity index (χ1) is 16.2. The molecule has 2 aliphatic rings. The van der Waals surface area contributed by atoms with Crippen LogP contribution >= 0.6 is 80.9 Å². The fourth-order valence-electron chi connectivity index (χ4n) is 4.41. The lowest BCUT2D eigenvalue weighted by molar-refractivity contribution is -0.146. The molecule has 1 heterocycles. The van der Waals surface area contributed by atoms with Crippen LogP contribution in [0.4, 0.5) is 9.39 Å². The van der Waals surface area contributed by atoms with Crippen LogP contribution < -0.4 is 5.32 Å². The summed E-state index contributed by atoms with van der Waals surface area (Å²) in [5.41, 5.74) is 0.775. The lowest BCUT2D eigenvalue weighted by Crippen LogP contribution is -2.47. The lowest BCUT2D eigenvalue weighted by atomic mass is 9.81. The molecule has 2 bridgehead atoms. The number of fused-ring (bicyclic) bond motifs is 2. The van der Waals surface area contributed by atoms with Crippen LogP contribution in [0.5, 0.6) is 0 Å². The number of nitrogens with one attached hydrogen (secondary N) is 1. The zero-order valence-corrected chi connectivity index (χ0v) is 22.5. The summed E-state index contributed by atoms with van der Waals surface area (Å²) in [7, 11) is 1.14. The van der Waals surface area contributed by atoms with Gasteiger partial charge >= 0.3 is 11.9 Å². The standard InChI is InChI=1S/C21H12Cl6FNO5S/c1-34-18(33)10-9(7-2-4-8(28)5-3-7)6-35-16(10)29-15(30)11-12(17(31)32)20(25)14(23)13(22)19(11,24)21(20,26)27/h2-6,11-12H,1H3,(H,29,30)(H,31,32)/t11-,12+,19-,20-/m1/s1. The van der Waals surface area contributed by atoms with Gasteiger partial charge in [0.2, 0.25) is 5.91 Å². The molecule has 14 heteroatoms. The molecular formula is C21H12Cl6FNO5S. The van der Waals surface area contributed by atoms with E-state index in [-0.39, 0.29) is 20.6 Å². The molecule has 0 saturated heterocycles. The third-order valence-corrected chi connectivity index (χ3v) is 11.2. The molecule has 0 spiro atoms. The van der Waals surface area contributed by atoms with Crippen molar-refractivity contribution in [3.05, 3.63) is 51.1 Å². The quantitative estimate of drug-likeness (QED) is 0.296. The van der Waals surface area contributed by atoms with Gasteiger partial charge in [-0.05, 0) is 17.7 Å². The predicted octanol–water partition coefficient (Wildman–Crippen LogP) is 6.44. The molecule has 0 unspecified atom stereocenters. The first-order valence-corrected chi connectivity index (χ1v) is 12.7. The van der Waals surface area contributed by atoms with E-state index in [0.717, 1.165) is 18.4 Å². The molecule has 35 heavy (non-hydrogen) atoms. The summed E-state index contributed by atoms with van der Waals surface area (Å²) < 4.78 is 16.0. The molecule has 2 aromatic rings. The molecule has 186 valence electrons. The van der Waals surface area contributed by atoms with Crippen molar-refractivity contribution in [3.63, 3.8) is 0 Å². The van der Waals surface area contributed by atoms with Gasteiger partial charge in [-0.1, -0.05) is 58.5 Å². The smallest absolute Gasteiger partial charge is 0.341 e. The Hall–Kier alpha value is -1.26. The molecule has 2 N–H and O–H groups in total. The number of methoxy groups -OCH3 is 1. The van der Waals surface area contributed by atoms with Crippen LogP contribution in [0.2, 0.25) is 0 Å². The van der Waals surface area contributed by atoms with Gasteiger partial charge in [0.15, 0.2) is 4.33 Å². The van der Waals surface area contributed by atoms with Crippen molar-refractivity contribution < 1.29 is 28.6 Å². The molecule has 1 aromatic carbocycles. The van der Waals surface area contributed by atoms with Gasteiger partial charge in [-0.2, -0.15) is 0 Å². The van der Waals surface area contributed by atoms with Crippen LogP contribution in [-0.2, 0) is 14.3 Å². The van der Waals surface area contributed by atoms with E-state index in [1.807, 2.05) is 0 Å². The number of esters is 1. The summed E-state index contributed by atoms with van der Waals surface area (Å²) in [5.74, 6) is -7.26. The Labute approximate surface area is 231 Å². The molecule has 0 aliphatic heterocycles. The van der Waals surface area contributed by atoms with Crippen molar-refractivity contribution in [2.24, 2.45) is 11.8 Å². The van der Waals surface area contributed by atoms with Gasteiger partial charge in [0, 0.05) is 10.9 Å². The van der Waals surface area contributed by atoms with Crippen LogP contribution in [0.25, 0.3) is 11.1 Å². The number of carboxylic acids is 1. The second-order valence-corrected chi connectivity index (χ2v) is 11.9. The number of carbonyl (C=O) groups excluding carboxylic acids is 2. The number of halogens is 7. The van der Waals surface area contributed by atoms with Crippen LogP contribution in [-0.4, -0.2) is 44.1 Å². The first kappa shape index (κ1) is 26.8. The van der Waals surface area contributed by atoms with Crippen molar-refractivity contribution in [2.45, 2.75) is 14.1 Å². The fraction of sp³-hybridized carbons (Fsp3) is 0.286. The maximum atomic E-state index is 13.5. The molecule has 1 saturated carbocycles. The van der Waals surface area contributed by atoms with Crippen LogP contribution in [0, 0.1) is 17.7 Å². The number of rotatable bonds is 5. The van der Waals surface area contributed by atoms with Crippen molar-refractivity contribution in [1.29, 1.82) is 0 Å². The number of ether oxygens (including phenoxy) is 1. The number of amides is 1. The summed E-state index contributed by atoms with van der Waals surface area (Å²) >= 11 is 39.5. The molecule has 6 nitrogen and oxygen atoms in total. The third-order valence-electron chi connectivity index (χ3n) is 6.06. The molecule has 1 aromatic heterocycles. The van der Waals surface area contributed by atoms with Crippen LogP contribution in [0.1, 0.15) is 10.4 Å². The highest BCUT2D eigenvalue weighted by molar-refractivity contribution is 7.15. The van der Waals surface area contributed by atoms with Crippen LogP contribution in [0.3, 0.4) is 0 Å². The van der Waals surface area contributed by atoms with E-state index < -0.39 is 49.6 Å². The zero-order chi connectivity index (χ0) is 26.1. The largest absolute Gasteiger partial charge is 0.481 e. The number of alkyl halides is 4. The third kappa shape index (κ3) is 3.52. The molecule has 4 rings (SSSR count). The Balaban J connectivity index is 1.80. The van der Waals surface area contributed by atoms with Gasteiger partial charge in [0.25, 0.3) is 0 Å². The number of hydrogen-bond acceptors (Lipinski definition) is 5. The first-order valence-electron chi connectivity index (χ1n) is 9.56. The number of carbonyl (C=O) groups is 3. The van der Waals surface area contributed by atoms with Crippen LogP contribution in [0.15, 0.2) is 39.7 Å². The van der Waals surface area contributed by atoms with Gasteiger partial charge in [0.05, 0.1) is 29.0 Å². The van der Waals surface area contributed by atoms with E-state index in [9.17, 15) is 23.9 Å². The Bertz CT molecular complexity index is 1300. The maximum absolute atomic E-state index is 13.5. The monoisotopic (exact) mass is 619 g/mol. The predicted molar refractivity (Wildman–Crippen MR) is 135 cm³/mol. The molecule has 1 fully saturated rings. The Morgan fingerprint density at radius 1 is 1.03 bits per heavy atom. The normalized spacial score (nSPS) is 28.8. The molecular weight excluding hydrogens is 610 g/mol. The van der Waals surface area contributed by atoms with Crippen molar-refractivity contribution in [2.75, 3.05) is 12.4 Å². The molecule has 1 amide bonds. The minimum Gasteiger partial charge on any atom is -0.481 e. The molecule has 4 atom stereocenters. The minimum atomic E-state index is -2.28. The number of benzene rings is 1. The molecule has 0 radical (unpaired) electrons. The fourth-order valence-corrected chi connectivity index (χ4v) is 8.31. The van der Waals surface area contributed by atoms with Gasteiger partial charge in [-0.15, -0.1) is 34.5 Å². The highest BCUT2D eigenvalue weighted by Crippen LogP contribution is 2.76. The van der Waals surface area contributed by atoms with E-state index in [1.165, 1.54) is 24.3 Å². The summed E-state index contributed by atoms with van der Waals surface area (Å²) in [4.78, 5) is 33.9. The average molecular weight is 622 g/mol. The van der Waals surface area contributed by atoms with E-state index in [1.54, 1.807) is 5.38 Å². The molecule has 2 aliphatic carbocycles. The van der Waals surface area contributed by atoms with E-state index in [2.05, 4.69) is 5.32 Å². The van der Waals surface area contributed by atoms with E-state index in [0.29, 0.717) is 11.1 Å². The second kappa shape index (κ2) is 8.94. The number of aliphatic carboxylic acids is 1. The summed E-state index contributed by atoms with van der Waals surface area (Å²) in [6, 6.07) is 5.29. The van der Waals surface area contributed by atoms with Gasteiger partial charge < -0.3 is 15.2 Å². The van der Waals surface area contributed by atoms with Gasteiger partial charge in [-0.3, -0.25) is 9.59 Å². The SMILES string of the molecule is COC(=O)c1c(-c2ccc(F)cc2)csc1NC(=O)[C@H]1[C@@H](C(=O)O)[C@@]2(Cl)C(Cl)=C(Cl)[C@@]1(Cl)C2(Cl)Cl. The maximum Gasteiger partial charge on any atom is 0.341 e. The van der Waals surface area contributed by atoms with E-state index >= 15 is 0 Å². The van der Waals surface area contributed by atoms with E-state index in [4.69, 9.17) is 74.3 Å². The topological polar surface area (TPSA) is 92.7 Å². The van der Waals surface area contributed by atoms with Gasteiger partial charge in [-0.25, -0.2) is 9.18 Å². The van der Waals surface area contributed by atoms with Gasteiger partial charge in [0.1, 0.15) is 26.1 Å². The Morgan fingerprint density at radius 2 is 1.57 bits per heavy atom. The highest BCUT2D eigenvalue weighted by atomic mass is 35.5. The Kier molecular flexibility index (Phi) is 6.84. The minimum absolute atomic E-state index is 0.0120. The lowest BCUT2D eigenvalue weighted by Gasteiger charge is -2.33. The average Bonchev–Trinajstić information content (AvgIpc) is 3.30. The summed E-state index contributed by atoms with van der Waals surface area (Å²) in [6.45, 7) is 0. The zero-order valence-electron chi connectivity index (χ0n) is 17.2. The summed E-state index contributed by atoms with van der Waals surface area (Å²) in [6.07, 6.45) is 0. The Morgan fingerprint density at radius 3 is 2.09 bits per heavy atom.